The van der Waals surface area contributed by atoms with Crippen LogP contribution in [0.1, 0.15) is 18.9 Å². The highest BCUT2D eigenvalue weighted by atomic mass is 32.2. The van der Waals surface area contributed by atoms with E-state index in [-0.39, 0.29) is 13.0 Å². The zero-order valence-corrected chi connectivity index (χ0v) is 10.2. The molecule has 1 aromatic rings. The molecule has 16 heavy (non-hydrogen) atoms. The van der Waals surface area contributed by atoms with Gasteiger partial charge in [0.2, 0.25) is 0 Å². The molecule has 0 bridgehead atoms. The molecule has 0 aliphatic heterocycles. The zero-order chi connectivity index (χ0) is 12.2. The van der Waals surface area contributed by atoms with E-state index < -0.39 is 15.4 Å². The zero-order valence-electron chi connectivity index (χ0n) is 9.38. The summed E-state index contributed by atoms with van der Waals surface area (Å²) in [6, 6.07) is 7.51. The van der Waals surface area contributed by atoms with Crippen LogP contribution >= 0.6 is 0 Å². The molecule has 0 saturated heterocycles. The highest BCUT2D eigenvalue weighted by Gasteiger charge is 2.16. The topological polar surface area (TPSA) is 63.6 Å². The van der Waals surface area contributed by atoms with E-state index in [0.29, 0.717) is 5.75 Å². The predicted octanol–water partition coefficient (Wildman–Crippen LogP) is 2.04. The van der Waals surface area contributed by atoms with Crippen molar-refractivity contribution in [1.82, 2.24) is 0 Å². The summed E-state index contributed by atoms with van der Waals surface area (Å²) in [5.41, 5.74) is 1.08. The van der Waals surface area contributed by atoms with Crippen LogP contribution in [0.2, 0.25) is 0 Å². The molecule has 0 saturated carbocycles. The maximum atomic E-state index is 10.7. The molecule has 0 heterocycles. The minimum Gasteiger partial charge on any atom is -0.494 e. The van der Waals surface area contributed by atoms with Crippen LogP contribution in [-0.4, -0.2) is 24.8 Å². The summed E-state index contributed by atoms with van der Waals surface area (Å²) in [6.45, 7) is 3.67. The molecule has 90 valence electrons. The third-order valence-electron chi connectivity index (χ3n) is 2.29. The second kappa shape index (κ2) is 5.32. The van der Waals surface area contributed by atoms with Crippen LogP contribution in [0.15, 0.2) is 24.3 Å². The van der Waals surface area contributed by atoms with E-state index in [4.69, 9.17) is 9.29 Å². The Morgan fingerprint density at radius 2 is 2.12 bits per heavy atom. The molecule has 1 aromatic carbocycles. The average Bonchev–Trinajstić information content (AvgIpc) is 2.16. The standard InChI is InChI=1S/C11H16O4S/c1-9-4-3-5-11(8-9)15-7-6-10(2)16(12,13)14/h3-5,8,10H,6-7H2,1-2H3,(H,12,13,14). The molecular formula is C11H16O4S. The molecule has 0 aromatic heterocycles. The molecule has 1 N–H and O–H groups in total. The molecule has 1 unspecified atom stereocenters. The van der Waals surface area contributed by atoms with Crippen molar-refractivity contribution in [3.63, 3.8) is 0 Å². The van der Waals surface area contributed by atoms with Crippen LogP contribution in [0.25, 0.3) is 0 Å². The van der Waals surface area contributed by atoms with Crippen molar-refractivity contribution >= 4 is 10.1 Å². The van der Waals surface area contributed by atoms with E-state index in [0.717, 1.165) is 5.56 Å². The van der Waals surface area contributed by atoms with E-state index in [2.05, 4.69) is 0 Å². The van der Waals surface area contributed by atoms with E-state index in [1.807, 2.05) is 31.2 Å². The Balaban J connectivity index is 2.42. The third kappa shape index (κ3) is 4.20. The Morgan fingerprint density at radius 3 is 2.69 bits per heavy atom. The normalized spacial score (nSPS) is 13.4. The van der Waals surface area contributed by atoms with Crippen molar-refractivity contribution in [3.05, 3.63) is 29.8 Å². The number of benzene rings is 1. The molecule has 0 spiro atoms. The monoisotopic (exact) mass is 244 g/mol. The average molecular weight is 244 g/mol. The highest BCUT2D eigenvalue weighted by Crippen LogP contribution is 2.13. The van der Waals surface area contributed by atoms with Gasteiger partial charge in [-0.3, -0.25) is 4.55 Å². The van der Waals surface area contributed by atoms with E-state index in [1.165, 1.54) is 6.92 Å². The van der Waals surface area contributed by atoms with Gasteiger partial charge in [-0.25, -0.2) is 0 Å². The Morgan fingerprint density at radius 1 is 1.44 bits per heavy atom. The van der Waals surface area contributed by atoms with Crippen molar-refractivity contribution in [3.8, 4) is 5.75 Å². The van der Waals surface area contributed by atoms with Gasteiger partial charge in [0.05, 0.1) is 11.9 Å². The van der Waals surface area contributed by atoms with Crippen molar-refractivity contribution in [2.75, 3.05) is 6.61 Å². The first kappa shape index (κ1) is 13.0. The van der Waals surface area contributed by atoms with Gasteiger partial charge >= 0.3 is 0 Å². The largest absolute Gasteiger partial charge is 0.494 e. The Hall–Kier alpha value is -1.07. The summed E-state index contributed by atoms with van der Waals surface area (Å²) in [7, 11) is -3.95. The fourth-order valence-corrected chi connectivity index (χ4v) is 1.59. The summed E-state index contributed by atoms with van der Waals surface area (Å²) in [5, 5.41) is -0.794. The maximum Gasteiger partial charge on any atom is 0.267 e. The van der Waals surface area contributed by atoms with Gasteiger partial charge < -0.3 is 4.74 Å². The number of hydrogen-bond acceptors (Lipinski definition) is 3. The first-order valence-corrected chi connectivity index (χ1v) is 6.55. The summed E-state index contributed by atoms with van der Waals surface area (Å²) in [4.78, 5) is 0. The SMILES string of the molecule is Cc1cccc(OCCC(C)S(=O)(=O)O)c1. The first-order valence-electron chi connectivity index (χ1n) is 5.05. The first-order chi connectivity index (χ1) is 7.39. The van der Waals surface area contributed by atoms with Gasteiger partial charge in [0, 0.05) is 6.42 Å². The van der Waals surface area contributed by atoms with Gasteiger partial charge in [0.15, 0.2) is 0 Å². The summed E-state index contributed by atoms with van der Waals surface area (Å²) in [6.07, 6.45) is 0.271. The van der Waals surface area contributed by atoms with Crippen LogP contribution in [0.3, 0.4) is 0 Å². The quantitative estimate of drug-likeness (QED) is 0.805. The molecule has 5 heteroatoms. The minimum atomic E-state index is -3.95. The molecule has 0 aliphatic carbocycles. The third-order valence-corrected chi connectivity index (χ3v) is 3.54. The molecule has 0 fully saturated rings. The van der Waals surface area contributed by atoms with Gasteiger partial charge in [-0.2, -0.15) is 8.42 Å². The summed E-state index contributed by atoms with van der Waals surface area (Å²) >= 11 is 0. The predicted molar refractivity (Wildman–Crippen MR) is 62.3 cm³/mol. The summed E-state index contributed by atoms with van der Waals surface area (Å²) in [5.74, 6) is 0.711. The molecule has 0 aliphatic rings. The maximum absolute atomic E-state index is 10.7. The number of hydrogen-bond donors (Lipinski definition) is 1. The van der Waals surface area contributed by atoms with Crippen molar-refractivity contribution in [1.29, 1.82) is 0 Å². The van der Waals surface area contributed by atoms with Crippen LogP contribution in [0, 0.1) is 6.92 Å². The summed E-state index contributed by atoms with van der Waals surface area (Å²) < 4.78 is 35.6. The van der Waals surface area contributed by atoms with Gasteiger partial charge in [-0.15, -0.1) is 0 Å². The molecular weight excluding hydrogens is 228 g/mol. The fraction of sp³-hybridized carbons (Fsp3) is 0.455. The smallest absolute Gasteiger partial charge is 0.267 e. The fourth-order valence-electron chi connectivity index (χ4n) is 1.20. The lowest BCUT2D eigenvalue weighted by atomic mass is 10.2. The van der Waals surface area contributed by atoms with Crippen molar-refractivity contribution < 1.29 is 17.7 Å². The van der Waals surface area contributed by atoms with E-state index in [9.17, 15) is 8.42 Å². The molecule has 1 rings (SSSR count). The lowest BCUT2D eigenvalue weighted by Gasteiger charge is -2.09. The second-order valence-electron chi connectivity index (χ2n) is 3.78. The van der Waals surface area contributed by atoms with Gasteiger partial charge in [0.1, 0.15) is 5.75 Å². The van der Waals surface area contributed by atoms with Gasteiger partial charge in [0.25, 0.3) is 10.1 Å². The van der Waals surface area contributed by atoms with Crippen LogP contribution in [0.4, 0.5) is 0 Å². The van der Waals surface area contributed by atoms with Gasteiger partial charge in [-0.1, -0.05) is 12.1 Å². The second-order valence-corrected chi connectivity index (χ2v) is 5.61. The Bertz CT molecular complexity index is 439. The number of aryl methyl sites for hydroxylation is 1. The number of rotatable bonds is 5. The molecule has 4 nitrogen and oxygen atoms in total. The lowest BCUT2D eigenvalue weighted by molar-refractivity contribution is 0.306. The Labute approximate surface area is 96.0 Å². The minimum absolute atomic E-state index is 0.268. The van der Waals surface area contributed by atoms with Crippen molar-refractivity contribution in [2.24, 2.45) is 0 Å². The van der Waals surface area contributed by atoms with Crippen LogP contribution < -0.4 is 4.74 Å². The molecule has 0 amide bonds. The highest BCUT2D eigenvalue weighted by molar-refractivity contribution is 7.86. The van der Waals surface area contributed by atoms with Gasteiger partial charge in [-0.05, 0) is 31.5 Å². The number of ether oxygens (including phenoxy) is 1. The van der Waals surface area contributed by atoms with Crippen molar-refractivity contribution in [2.45, 2.75) is 25.5 Å². The van der Waals surface area contributed by atoms with Crippen LogP contribution in [0.5, 0.6) is 5.75 Å². The Kier molecular flexibility index (Phi) is 4.32. The lowest BCUT2D eigenvalue weighted by Crippen LogP contribution is -2.19. The molecule has 1 atom stereocenters. The van der Waals surface area contributed by atoms with E-state index in [1.54, 1.807) is 0 Å². The van der Waals surface area contributed by atoms with Crippen LogP contribution in [-0.2, 0) is 10.1 Å². The molecule has 0 radical (unpaired) electrons. The van der Waals surface area contributed by atoms with E-state index >= 15 is 0 Å².